The Labute approximate surface area is 247 Å². The summed E-state index contributed by atoms with van der Waals surface area (Å²) in [7, 11) is 6.80. The van der Waals surface area contributed by atoms with Crippen LogP contribution in [0.4, 0.5) is 5.69 Å². The van der Waals surface area contributed by atoms with Crippen LogP contribution in [0.15, 0.2) is 24.3 Å². The largest absolute Gasteiger partial charge is 0.461 e. The standard InChI is InChI=1S/C32H46N2O8/c1-6-34-15-29(16-42-27(35)17-9-7-8-10-20(17)33)12-11-22(39-3)31-19-13-18-21(38-2)14-30(36,23(19)24(18)40-4)32(37,28(31)34)26(41-5)25(29)31/h7-10,18-19,21-26,28,36-37H,6,11-16,33H2,1-5H3/t18-,19-,21+,22+,23-,24+,25-,26+,28?,29+,30-,31+,32+/m1/s1. The van der Waals surface area contributed by atoms with Gasteiger partial charge in [0.25, 0.3) is 0 Å². The molecule has 232 valence electrons. The zero-order chi connectivity index (χ0) is 29.8. The lowest BCUT2D eigenvalue weighted by Gasteiger charge is -2.70. The molecule has 4 N–H and O–H groups in total. The maximum atomic E-state index is 13.4. The molecule has 0 aromatic heterocycles. The first kappa shape index (κ1) is 29.0. The Kier molecular flexibility index (Phi) is 6.62. The van der Waals surface area contributed by atoms with Gasteiger partial charge in [-0.25, -0.2) is 4.79 Å². The van der Waals surface area contributed by atoms with Gasteiger partial charge >= 0.3 is 5.97 Å². The van der Waals surface area contributed by atoms with Crippen LogP contribution in [-0.4, -0.2) is 111 Å². The van der Waals surface area contributed by atoms with Gasteiger partial charge in [0.2, 0.25) is 0 Å². The Bertz CT molecular complexity index is 1250. The lowest BCUT2D eigenvalue weighted by atomic mass is 9.42. The summed E-state index contributed by atoms with van der Waals surface area (Å²) in [6.45, 7) is 3.54. The van der Waals surface area contributed by atoms with Crippen LogP contribution < -0.4 is 5.73 Å². The fourth-order valence-electron chi connectivity index (χ4n) is 12.0. The van der Waals surface area contributed by atoms with Gasteiger partial charge in [0.1, 0.15) is 11.2 Å². The molecule has 5 aliphatic carbocycles. The van der Waals surface area contributed by atoms with Crippen LogP contribution in [0.2, 0.25) is 0 Å². The van der Waals surface area contributed by atoms with Crippen LogP contribution in [0.1, 0.15) is 43.0 Å². The maximum Gasteiger partial charge on any atom is 0.340 e. The second kappa shape index (κ2) is 9.60. The molecular weight excluding hydrogens is 540 g/mol. The van der Waals surface area contributed by atoms with Gasteiger partial charge in [-0.15, -0.1) is 0 Å². The lowest BCUT2D eigenvalue weighted by Crippen LogP contribution is -2.82. The highest BCUT2D eigenvalue weighted by molar-refractivity contribution is 5.95. The summed E-state index contributed by atoms with van der Waals surface area (Å²) in [5.74, 6) is -0.892. The van der Waals surface area contributed by atoms with Crippen molar-refractivity contribution in [3.63, 3.8) is 0 Å². The number of rotatable bonds is 8. The van der Waals surface area contributed by atoms with E-state index in [0.717, 1.165) is 19.3 Å². The zero-order valence-electron chi connectivity index (χ0n) is 25.3. The molecule has 10 heteroatoms. The normalized spacial score (nSPS) is 50.1. The number of likely N-dealkylation sites (N-methyl/N-ethyl adjacent to an activating group) is 1. The molecule has 42 heavy (non-hydrogen) atoms. The van der Waals surface area contributed by atoms with Crippen LogP contribution in [0.25, 0.3) is 0 Å². The molecule has 6 fully saturated rings. The van der Waals surface area contributed by atoms with Crippen molar-refractivity contribution in [3.05, 3.63) is 29.8 Å². The van der Waals surface area contributed by atoms with E-state index in [1.807, 2.05) is 0 Å². The topological polar surface area (TPSA) is 133 Å². The Morgan fingerprint density at radius 3 is 2.50 bits per heavy atom. The Hall–Kier alpha value is -1.79. The maximum absolute atomic E-state index is 13.4. The summed E-state index contributed by atoms with van der Waals surface area (Å²) >= 11 is 0. The van der Waals surface area contributed by atoms with Gasteiger partial charge in [-0.2, -0.15) is 0 Å². The average molecular weight is 587 g/mol. The number of carbonyl (C=O) groups is 1. The third kappa shape index (κ3) is 3.12. The molecule has 0 amide bonds. The lowest BCUT2D eigenvalue weighted by molar-refractivity contribution is -0.320. The summed E-state index contributed by atoms with van der Waals surface area (Å²) in [5.41, 5.74) is 2.65. The molecule has 10 nitrogen and oxygen atoms in total. The molecular formula is C32H46N2O8. The molecule has 1 spiro atoms. The number of benzene rings is 1. The highest BCUT2D eigenvalue weighted by Crippen LogP contribution is 2.80. The average Bonchev–Trinajstić information content (AvgIpc) is 3.41. The smallest absolute Gasteiger partial charge is 0.340 e. The minimum atomic E-state index is -1.62. The van der Waals surface area contributed by atoms with Crippen LogP contribution in [0.5, 0.6) is 0 Å². The third-order valence-electron chi connectivity index (χ3n) is 13.0. The molecule has 1 aliphatic heterocycles. The Morgan fingerprint density at radius 1 is 1.10 bits per heavy atom. The van der Waals surface area contributed by atoms with E-state index < -0.39 is 40.1 Å². The molecule has 1 aromatic rings. The van der Waals surface area contributed by atoms with E-state index in [9.17, 15) is 15.0 Å². The minimum absolute atomic E-state index is 0.00697. The van der Waals surface area contributed by atoms with E-state index in [-0.39, 0.29) is 48.6 Å². The number of likely N-dealkylation sites (tertiary alicyclic amines) is 1. The van der Waals surface area contributed by atoms with Gasteiger partial charge in [0.05, 0.1) is 42.6 Å². The van der Waals surface area contributed by atoms with Gasteiger partial charge in [-0.05, 0) is 43.9 Å². The van der Waals surface area contributed by atoms with Crippen molar-refractivity contribution >= 4 is 11.7 Å². The monoisotopic (exact) mass is 586 g/mol. The van der Waals surface area contributed by atoms with Gasteiger partial charge in [0.15, 0.2) is 0 Å². The second-order valence-corrected chi connectivity index (χ2v) is 13.8. The molecule has 7 rings (SSSR count). The molecule has 6 aliphatic rings. The number of hydrogen-bond donors (Lipinski definition) is 3. The van der Waals surface area contributed by atoms with Crippen molar-refractivity contribution < 1.29 is 38.7 Å². The highest BCUT2D eigenvalue weighted by Gasteiger charge is 2.91. The molecule has 7 bridgehead atoms. The Morgan fingerprint density at radius 2 is 1.86 bits per heavy atom. The van der Waals surface area contributed by atoms with Crippen molar-refractivity contribution in [1.82, 2.24) is 4.90 Å². The number of esters is 1. The minimum Gasteiger partial charge on any atom is -0.461 e. The fourth-order valence-corrected chi connectivity index (χ4v) is 12.0. The van der Waals surface area contributed by atoms with E-state index in [0.29, 0.717) is 30.8 Å². The van der Waals surface area contributed by atoms with Gasteiger partial charge in [-0.1, -0.05) is 19.1 Å². The zero-order valence-corrected chi connectivity index (χ0v) is 25.3. The molecule has 1 unspecified atom stereocenters. The molecule has 1 heterocycles. The van der Waals surface area contributed by atoms with E-state index in [1.54, 1.807) is 52.7 Å². The summed E-state index contributed by atoms with van der Waals surface area (Å²) in [6.07, 6.45) is 1.22. The first-order valence-corrected chi connectivity index (χ1v) is 15.5. The van der Waals surface area contributed by atoms with E-state index in [1.165, 1.54) is 0 Å². The van der Waals surface area contributed by atoms with Crippen molar-refractivity contribution in [1.29, 1.82) is 0 Å². The van der Waals surface area contributed by atoms with Crippen molar-refractivity contribution in [2.45, 2.75) is 74.3 Å². The number of carbonyl (C=O) groups excluding carboxylic acids is 1. The summed E-state index contributed by atoms with van der Waals surface area (Å²) in [5, 5.41) is 26.3. The molecule has 13 atom stereocenters. The van der Waals surface area contributed by atoms with Crippen molar-refractivity contribution in [2.24, 2.45) is 34.5 Å². The van der Waals surface area contributed by atoms with Crippen LogP contribution in [0.3, 0.4) is 0 Å². The first-order chi connectivity index (χ1) is 20.1. The third-order valence-corrected chi connectivity index (χ3v) is 13.0. The quantitative estimate of drug-likeness (QED) is 0.306. The van der Waals surface area contributed by atoms with Gasteiger partial charge in [0, 0.05) is 75.7 Å². The fraction of sp³-hybridized carbons (Fsp3) is 0.781. The predicted octanol–water partition coefficient (Wildman–Crippen LogP) is 1.72. The molecule has 5 saturated carbocycles. The number of nitrogen functional groups attached to an aromatic ring is 1. The number of aliphatic hydroxyl groups is 2. The number of ether oxygens (including phenoxy) is 5. The predicted molar refractivity (Wildman–Crippen MR) is 153 cm³/mol. The SMILES string of the molecule is CCN1C[C@]2(COC(=O)c3ccccc3N)CC[C@H](OC)[C@]34C1[C@@](O)([C@@H](OC)[C@H]23)[C@@]1(O)C[C@H](OC)[C@H]2C[C@@H]4[C@@H]1[C@H]2OC. The number of fused-ring (bicyclic) bond motifs is 2. The van der Waals surface area contributed by atoms with E-state index in [2.05, 4.69) is 11.8 Å². The van der Waals surface area contributed by atoms with Gasteiger partial charge < -0.3 is 39.6 Å². The summed E-state index contributed by atoms with van der Waals surface area (Å²) in [4.78, 5) is 15.7. The summed E-state index contributed by atoms with van der Waals surface area (Å²) < 4.78 is 31.1. The van der Waals surface area contributed by atoms with Crippen LogP contribution in [0, 0.1) is 34.5 Å². The molecule has 0 radical (unpaired) electrons. The number of anilines is 1. The van der Waals surface area contributed by atoms with Crippen molar-refractivity contribution in [3.8, 4) is 0 Å². The number of nitrogens with two attached hydrogens (primary N) is 1. The number of hydrogen-bond acceptors (Lipinski definition) is 10. The number of para-hydroxylation sites is 1. The van der Waals surface area contributed by atoms with E-state index in [4.69, 9.17) is 29.4 Å². The number of nitrogens with zero attached hydrogens (tertiary/aromatic N) is 1. The van der Waals surface area contributed by atoms with Gasteiger partial charge in [-0.3, -0.25) is 4.90 Å². The van der Waals surface area contributed by atoms with Crippen molar-refractivity contribution in [2.75, 3.05) is 53.9 Å². The summed E-state index contributed by atoms with van der Waals surface area (Å²) in [6, 6.07) is 6.55. The number of piperidine rings is 1. The Balaban J connectivity index is 1.41. The highest BCUT2D eigenvalue weighted by atomic mass is 16.5. The van der Waals surface area contributed by atoms with Crippen LogP contribution in [-0.2, 0) is 23.7 Å². The first-order valence-electron chi connectivity index (χ1n) is 15.5. The second-order valence-electron chi connectivity index (χ2n) is 13.8. The van der Waals surface area contributed by atoms with E-state index >= 15 is 0 Å². The number of methoxy groups -OCH3 is 4. The molecule has 1 aromatic carbocycles. The van der Waals surface area contributed by atoms with Crippen LogP contribution >= 0.6 is 0 Å². The molecule has 1 saturated heterocycles.